The Bertz CT molecular complexity index is 1190. The molecule has 4 aliphatic heterocycles. The number of hydrogen-bond acceptors (Lipinski definition) is 10. The van der Waals surface area contributed by atoms with Gasteiger partial charge < -0.3 is 31.3 Å². The van der Waals surface area contributed by atoms with Gasteiger partial charge in [0.1, 0.15) is 5.70 Å². The van der Waals surface area contributed by atoms with E-state index in [1.807, 2.05) is 6.92 Å². The quantitative estimate of drug-likeness (QED) is 0.265. The lowest BCUT2D eigenvalue weighted by atomic mass is 9.78. The van der Waals surface area contributed by atoms with E-state index in [2.05, 4.69) is 26.0 Å². The van der Waals surface area contributed by atoms with Gasteiger partial charge in [0.05, 0.1) is 31.5 Å². The summed E-state index contributed by atoms with van der Waals surface area (Å²) in [5.74, 6) is -2.26. The highest BCUT2D eigenvalue weighted by molar-refractivity contribution is 8.03. The van der Waals surface area contributed by atoms with Crippen LogP contribution in [-0.4, -0.2) is 108 Å². The fraction of sp³-hybridized carbons (Fsp3) is 0.696. The van der Waals surface area contributed by atoms with E-state index in [1.54, 1.807) is 18.9 Å². The lowest BCUT2D eigenvalue weighted by Gasteiger charge is -2.47. The van der Waals surface area contributed by atoms with Gasteiger partial charge in [-0.1, -0.05) is 6.92 Å². The van der Waals surface area contributed by atoms with Crippen LogP contribution in [0.5, 0.6) is 0 Å². The number of carbonyl (C=O) groups excluding carboxylic acids is 3. The molecule has 3 amide bonds. The highest BCUT2D eigenvalue weighted by Gasteiger charge is 2.60. The third kappa shape index (κ3) is 4.78. The van der Waals surface area contributed by atoms with Crippen LogP contribution in [0.3, 0.4) is 0 Å². The second-order valence-electron chi connectivity index (χ2n) is 10.5. The molecule has 0 aliphatic carbocycles. The number of aliphatic carboxylic acids is 1. The average Bonchev–Trinajstić information content (AvgIpc) is 3.62. The molecule has 0 radical (unpaired) electrons. The van der Waals surface area contributed by atoms with Crippen molar-refractivity contribution in [2.45, 2.75) is 62.5 Å². The summed E-state index contributed by atoms with van der Waals surface area (Å²) >= 11 is 1.44. The molecule has 0 bridgehead atoms. The van der Waals surface area contributed by atoms with Crippen molar-refractivity contribution in [1.82, 2.24) is 40.6 Å². The molecule has 1 aromatic rings. The molecule has 0 saturated carbocycles. The molecule has 1 aromatic heterocycles. The molecule has 15 heteroatoms. The first-order valence-corrected chi connectivity index (χ1v) is 13.7. The Morgan fingerprint density at radius 1 is 1.34 bits per heavy atom. The van der Waals surface area contributed by atoms with Gasteiger partial charge in [0, 0.05) is 47.8 Å². The van der Waals surface area contributed by atoms with E-state index in [1.165, 1.54) is 21.5 Å². The number of aryl methyl sites for hydroxylation is 1. The van der Waals surface area contributed by atoms with Gasteiger partial charge in [-0.2, -0.15) is 4.80 Å². The predicted molar refractivity (Wildman–Crippen MR) is 135 cm³/mol. The van der Waals surface area contributed by atoms with E-state index in [0.717, 1.165) is 6.42 Å². The lowest BCUT2D eigenvalue weighted by molar-refractivity contribution is -0.158. The highest BCUT2D eigenvalue weighted by atomic mass is 32.2. The Morgan fingerprint density at radius 2 is 2.11 bits per heavy atom. The van der Waals surface area contributed by atoms with Crippen LogP contribution in [0.2, 0.25) is 0 Å². The van der Waals surface area contributed by atoms with Crippen LogP contribution in [0.4, 0.5) is 0 Å². The molecule has 0 spiro atoms. The van der Waals surface area contributed by atoms with E-state index >= 15 is 0 Å². The van der Waals surface area contributed by atoms with Gasteiger partial charge in [-0.15, -0.1) is 22.0 Å². The van der Waals surface area contributed by atoms with Crippen molar-refractivity contribution >= 4 is 35.5 Å². The standard InChI is InChI=1S/C23H33N9O5S/c1-10-18-17(11(2)26-16(33)7-15-27-29-30(3)28-15)22(35)32(18)19(23(36)37)20(10)38-13-6-14(25-8-13)21(34)31-5-4-12(24)9-31/h10-14,17-18,25H,4-9,24H2,1-3H3,(H,26,33)(H,36,37)/t10-,11-,12+,13?,14+,17-,18-/m1/s1. The molecule has 3 saturated heterocycles. The van der Waals surface area contributed by atoms with Crippen LogP contribution in [0.15, 0.2) is 10.6 Å². The number of fused-ring (bicyclic) bond motifs is 1. The van der Waals surface area contributed by atoms with Crippen LogP contribution in [0.1, 0.15) is 32.5 Å². The van der Waals surface area contributed by atoms with Gasteiger partial charge in [0.2, 0.25) is 17.7 Å². The molecular weight excluding hydrogens is 514 g/mol. The number of aromatic nitrogens is 4. The van der Waals surface area contributed by atoms with Gasteiger partial charge >= 0.3 is 5.97 Å². The fourth-order valence-corrected chi connectivity index (χ4v) is 7.48. The number of nitrogens with one attached hydrogen (secondary N) is 2. The number of hydrogen-bond donors (Lipinski definition) is 4. The molecule has 5 N–H and O–H groups in total. The number of amides is 3. The number of carbonyl (C=O) groups is 4. The minimum atomic E-state index is -1.15. The minimum Gasteiger partial charge on any atom is -0.477 e. The first-order valence-electron chi connectivity index (χ1n) is 12.8. The van der Waals surface area contributed by atoms with Crippen LogP contribution in [0.25, 0.3) is 0 Å². The zero-order chi connectivity index (χ0) is 27.3. The van der Waals surface area contributed by atoms with Gasteiger partial charge in [0.25, 0.3) is 0 Å². The number of thioether (sulfide) groups is 1. The SMILES string of the molecule is C[C@@H](NC(=O)Cc1nnn(C)n1)[C@H]1C(=O)N2C(C(=O)O)=C(SC3CN[C@H](C(=O)N4CC[C@H](N)C4)C3)[C@H](C)[C@H]12. The maximum atomic E-state index is 13.1. The number of nitrogens with zero attached hydrogens (tertiary/aromatic N) is 6. The molecule has 5 rings (SSSR count). The molecule has 14 nitrogen and oxygen atoms in total. The van der Waals surface area contributed by atoms with Gasteiger partial charge in [0.15, 0.2) is 5.82 Å². The van der Waals surface area contributed by atoms with Crippen LogP contribution < -0.4 is 16.4 Å². The highest BCUT2D eigenvalue weighted by Crippen LogP contribution is 2.51. The third-order valence-electron chi connectivity index (χ3n) is 7.81. The summed E-state index contributed by atoms with van der Waals surface area (Å²) in [5, 5.41) is 27.7. The maximum Gasteiger partial charge on any atom is 0.353 e. The lowest BCUT2D eigenvalue weighted by Crippen LogP contribution is -2.66. The molecule has 4 aliphatic rings. The Hall–Kier alpha value is -3.04. The van der Waals surface area contributed by atoms with Crippen molar-refractivity contribution in [3.05, 3.63) is 16.4 Å². The van der Waals surface area contributed by atoms with E-state index < -0.39 is 17.9 Å². The van der Waals surface area contributed by atoms with Crippen LogP contribution >= 0.6 is 11.8 Å². The van der Waals surface area contributed by atoms with Crippen molar-refractivity contribution in [1.29, 1.82) is 0 Å². The second kappa shape index (κ2) is 10.3. The monoisotopic (exact) mass is 547 g/mol. The molecule has 206 valence electrons. The minimum absolute atomic E-state index is 0.00381. The summed E-state index contributed by atoms with van der Waals surface area (Å²) in [7, 11) is 1.60. The topological polar surface area (TPSA) is 189 Å². The molecule has 1 unspecified atom stereocenters. The molecule has 3 fully saturated rings. The van der Waals surface area contributed by atoms with E-state index in [0.29, 0.717) is 31.0 Å². The fourth-order valence-electron chi connectivity index (χ4n) is 6.00. The van der Waals surface area contributed by atoms with E-state index in [9.17, 15) is 24.3 Å². The van der Waals surface area contributed by atoms with Crippen molar-refractivity contribution in [3.63, 3.8) is 0 Å². The summed E-state index contributed by atoms with van der Waals surface area (Å²) in [6, 6.07) is -1.18. The molecular formula is C23H33N9O5S. The number of carboxylic acid groups (broad SMARTS) is 1. The zero-order valence-corrected chi connectivity index (χ0v) is 22.3. The summed E-state index contributed by atoms with van der Waals surface area (Å²) in [4.78, 5) is 55.9. The maximum absolute atomic E-state index is 13.1. The molecule has 0 aromatic carbocycles. The normalized spacial score (nSPS) is 31.4. The molecule has 7 atom stereocenters. The Kier molecular flexibility index (Phi) is 7.17. The first-order chi connectivity index (χ1) is 18.0. The Labute approximate surface area is 223 Å². The average molecular weight is 548 g/mol. The van der Waals surface area contributed by atoms with E-state index in [-0.39, 0.29) is 65.0 Å². The van der Waals surface area contributed by atoms with E-state index in [4.69, 9.17) is 5.73 Å². The van der Waals surface area contributed by atoms with Crippen LogP contribution in [0, 0.1) is 11.8 Å². The second-order valence-corrected chi connectivity index (χ2v) is 11.9. The predicted octanol–water partition coefficient (Wildman–Crippen LogP) is -1.95. The van der Waals surface area contributed by atoms with Crippen molar-refractivity contribution in [2.24, 2.45) is 24.6 Å². The number of rotatable bonds is 8. The summed E-state index contributed by atoms with van der Waals surface area (Å²) in [6.07, 6.45) is 1.30. The largest absolute Gasteiger partial charge is 0.477 e. The Morgan fingerprint density at radius 3 is 2.74 bits per heavy atom. The Balaban J connectivity index is 1.23. The summed E-state index contributed by atoms with van der Waals surface area (Å²) < 4.78 is 0. The smallest absolute Gasteiger partial charge is 0.353 e. The number of carboxylic acids is 1. The van der Waals surface area contributed by atoms with Crippen LogP contribution in [-0.2, 0) is 32.6 Å². The van der Waals surface area contributed by atoms with Crippen molar-refractivity contribution < 1.29 is 24.3 Å². The zero-order valence-electron chi connectivity index (χ0n) is 21.5. The molecule has 38 heavy (non-hydrogen) atoms. The van der Waals surface area contributed by atoms with Gasteiger partial charge in [-0.3, -0.25) is 14.4 Å². The van der Waals surface area contributed by atoms with Gasteiger partial charge in [-0.25, -0.2) is 4.79 Å². The summed E-state index contributed by atoms with van der Waals surface area (Å²) in [5.41, 5.74) is 5.96. The summed E-state index contributed by atoms with van der Waals surface area (Å²) in [6.45, 7) is 5.45. The van der Waals surface area contributed by atoms with Gasteiger partial charge in [-0.05, 0) is 25.0 Å². The van der Waals surface area contributed by atoms with Crippen molar-refractivity contribution in [2.75, 3.05) is 19.6 Å². The number of tetrazole rings is 1. The number of likely N-dealkylation sites (tertiary alicyclic amines) is 1. The third-order valence-corrected chi connectivity index (χ3v) is 9.32. The van der Waals surface area contributed by atoms with Crippen molar-refractivity contribution in [3.8, 4) is 0 Å². The first kappa shape index (κ1) is 26.6. The molecule has 5 heterocycles. The number of nitrogens with two attached hydrogens (primary N) is 1. The number of β-lactam (4-membered cyclic amide) rings is 1.